The molecule has 0 fully saturated rings. The molecule has 0 saturated carbocycles. The third-order valence-electron chi connectivity index (χ3n) is 4.58. The van der Waals surface area contributed by atoms with Crippen molar-refractivity contribution in [3.63, 3.8) is 0 Å². The fraction of sp³-hybridized carbons (Fsp3) is 0.368. The van der Waals surface area contributed by atoms with E-state index in [0.29, 0.717) is 24.0 Å². The summed E-state index contributed by atoms with van der Waals surface area (Å²) in [5.41, 5.74) is 2.64. The van der Waals surface area contributed by atoms with Gasteiger partial charge in [-0.05, 0) is 48.2 Å². The van der Waals surface area contributed by atoms with Crippen molar-refractivity contribution in [3.8, 4) is 22.6 Å². The summed E-state index contributed by atoms with van der Waals surface area (Å²) < 4.78 is 0. The lowest BCUT2D eigenvalue weighted by molar-refractivity contribution is -0.0128. The Bertz CT molecular complexity index is 728. The van der Waals surface area contributed by atoms with Gasteiger partial charge >= 0.3 is 0 Å². The quantitative estimate of drug-likeness (QED) is 0.506. The van der Waals surface area contributed by atoms with E-state index in [0.717, 1.165) is 11.1 Å². The summed E-state index contributed by atoms with van der Waals surface area (Å²) in [4.78, 5) is 0. The van der Waals surface area contributed by atoms with Crippen LogP contribution in [-0.4, -0.2) is 43.8 Å². The molecule has 0 saturated heterocycles. The van der Waals surface area contributed by atoms with Gasteiger partial charge in [0.2, 0.25) is 0 Å². The first-order valence-electron chi connectivity index (χ1n) is 8.12. The van der Waals surface area contributed by atoms with Crippen molar-refractivity contribution in [1.82, 2.24) is 0 Å². The Labute approximate surface area is 140 Å². The van der Waals surface area contributed by atoms with Crippen LogP contribution in [0.15, 0.2) is 36.4 Å². The highest BCUT2D eigenvalue weighted by Gasteiger charge is 2.22. The molecule has 5 N–H and O–H groups in total. The number of aromatic hydroxyl groups is 2. The van der Waals surface area contributed by atoms with Crippen LogP contribution in [0, 0.1) is 0 Å². The number of aliphatic hydroxyl groups excluding tert-OH is 3. The Kier molecular flexibility index (Phi) is 4.76. The molecule has 0 aliphatic heterocycles. The lowest BCUT2D eigenvalue weighted by Gasteiger charge is -2.20. The minimum Gasteiger partial charge on any atom is -0.507 e. The van der Waals surface area contributed by atoms with Crippen LogP contribution in [0.3, 0.4) is 0 Å². The van der Waals surface area contributed by atoms with Crippen LogP contribution in [0.1, 0.15) is 24.0 Å². The summed E-state index contributed by atoms with van der Waals surface area (Å²) in [5.74, 6) is 0.0957. The van der Waals surface area contributed by atoms with Gasteiger partial charge in [0, 0.05) is 24.0 Å². The third kappa shape index (κ3) is 3.53. The summed E-state index contributed by atoms with van der Waals surface area (Å²) in [6.07, 6.45) is -1.43. The van der Waals surface area contributed by atoms with E-state index in [-0.39, 0.29) is 24.3 Å². The maximum atomic E-state index is 10.2. The molecular formula is C19H22O5. The number of fused-ring (bicyclic) bond motifs is 5. The van der Waals surface area contributed by atoms with Gasteiger partial charge < -0.3 is 25.5 Å². The Morgan fingerprint density at radius 2 is 1.33 bits per heavy atom. The van der Waals surface area contributed by atoms with E-state index in [4.69, 9.17) is 0 Å². The Morgan fingerprint density at radius 3 is 2.00 bits per heavy atom. The molecule has 2 aromatic carbocycles. The van der Waals surface area contributed by atoms with Crippen LogP contribution >= 0.6 is 0 Å². The number of aliphatic hydroxyl groups is 3. The van der Waals surface area contributed by atoms with Crippen LogP contribution < -0.4 is 0 Å². The number of hydrogen-bond donors (Lipinski definition) is 5. The molecule has 0 heterocycles. The molecule has 128 valence electrons. The van der Waals surface area contributed by atoms with Gasteiger partial charge in [0.15, 0.2) is 0 Å². The maximum Gasteiger partial charge on any atom is 0.123 e. The molecule has 4 bridgehead atoms. The van der Waals surface area contributed by atoms with E-state index in [2.05, 4.69) is 0 Å². The second-order valence-electron chi connectivity index (χ2n) is 6.47. The zero-order valence-electron chi connectivity index (χ0n) is 13.3. The summed E-state index contributed by atoms with van der Waals surface area (Å²) in [7, 11) is 0. The monoisotopic (exact) mass is 330 g/mol. The molecule has 3 atom stereocenters. The van der Waals surface area contributed by atoms with Crippen LogP contribution in [0.5, 0.6) is 11.5 Å². The average molecular weight is 330 g/mol. The van der Waals surface area contributed by atoms with E-state index in [1.165, 1.54) is 6.07 Å². The molecule has 0 amide bonds. The number of rotatable bonds is 0. The summed E-state index contributed by atoms with van der Waals surface area (Å²) in [5, 5.41) is 50.7. The minimum atomic E-state index is -1.02. The fourth-order valence-corrected chi connectivity index (χ4v) is 3.14. The fourth-order valence-electron chi connectivity index (χ4n) is 3.14. The van der Waals surface area contributed by atoms with Gasteiger partial charge in [-0.25, -0.2) is 0 Å². The molecule has 3 rings (SSSR count). The molecule has 0 radical (unpaired) electrons. The predicted octanol–water partition coefficient (Wildman–Crippen LogP) is 1.73. The largest absolute Gasteiger partial charge is 0.507 e. The summed E-state index contributed by atoms with van der Waals surface area (Å²) >= 11 is 0. The normalized spacial score (nSPS) is 24.5. The van der Waals surface area contributed by atoms with E-state index >= 15 is 0 Å². The van der Waals surface area contributed by atoms with Crippen molar-refractivity contribution >= 4 is 0 Å². The van der Waals surface area contributed by atoms with Crippen molar-refractivity contribution in [2.45, 2.75) is 44.0 Å². The Morgan fingerprint density at radius 1 is 0.750 bits per heavy atom. The van der Waals surface area contributed by atoms with Gasteiger partial charge in [-0.2, -0.15) is 0 Å². The standard InChI is InChI=1S/C19H22O5/c20-13-4-1-11-2-5-16(21)14(7-11)15-8-12(3-6-17(15)22)9-18(23)19(24)10-13/h2-3,5-8,13,18-24H,1,4,9-10H2/t13-,18-,19+/m0/s1. The van der Waals surface area contributed by atoms with Gasteiger partial charge in [-0.3, -0.25) is 0 Å². The maximum absolute atomic E-state index is 10.2. The topological polar surface area (TPSA) is 101 Å². The second-order valence-corrected chi connectivity index (χ2v) is 6.47. The predicted molar refractivity (Wildman–Crippen MR) is 89.9 cm³/mol. The Balaban J connectivity index is 2.09. The third-order valence-corrected chi connectivity index (χ3v) is 4.58. The van der Waals surface area contributed by atoms with Gasteiger partial charge in [-0.15, -0.1) is 0 Å². The zero-order chi connectivity index (χ0) is 17.3. The van der Waals surface area contributed by atoms with E-state index in [9.17, 15) is 25.5 Å². The van der Waals surface area contributed by atoms with Crippen molar-refractivity contribution in [3.05, 3.63) is 47.5 Å². The number of benzene rings is 2. The summed E-state index contributed by atoms with van der Waals surface area (Å²) in [6.45, 7) is 0. The van der Waals surface area contributed by atoms with Gasteiger partial charge in [-0.1, -0.05) is 12.1 Å². The smallest absolute Gasteiger partial charge is 0.123 e. The molecule has 1 aliphatic carbocycles. The van der Waals surface area contributed by atoms with Gasteiger partial charge in [0.1, 0.15) is 11.5 Å². The van der Waals surface area contributed by atoms with E-state index < -0.39 is 18.3 Å². The van der Waals surface area contributed by atoms with E-state index in [1.54, 1.807) is 30.3 Å². The first-order valence-corrected chi connectivity index (χ1v) is 8.12. The van der Waals surface area contributed by atoms with Crippen LogP contribution in [0.2, 0.25) is 0 Å². The SMILES string of the molecule is Oc1ccc2cc1-c1cc(ccc1O)C[C@H](O)[C@H](O)C[C@@H](O)CC2. The molecule has 0 spiro atoms. The summed E-state index contributed by atoms with van der Waals surface area (Å²) in [6, 6.07) is 10.0. The number of aryl methyl sites for hydroxylation is 1. The number of phenols is 2. The van der Waals surface area contributed by atoms with Gasteiger partial charge in [0.25, 0.3) is 0 Å². The molecule has 2 aromatic rings. The average Bonchev–Trinajstić information content (AvgIpc) is 2.55. The van der Waals surface area contributed by atoms with Crippen molar-refractivity contribution in [2.75, 3.05) is 0 Å². The Hall–Kier alpha value is -2.08. The molecular weight excluding hydrogens is 308 g/mol. The highest BCUT2D eigenvalue weighted by Crippen LogP contribution is 2.37. The highest BCUT2D eigenvalue weighted by atomic mass is 16.3. The molecule has 0 aromatic heterocycles. The van der Waals surface area contributed by atoms with Crippen molar-refractivity contribution in [1.29, 1.82) is 0 Å². The first-order chi connectivity index (χ1) is 11.4. The lowest BCUT2D eigenvalue weighted by Crippen LogP contribution is -2.31. The molecule has 1 aliphatic rings. The number of hydrogen-bond acceptors (Lipinski definition) is 5. The molecule has 5 heteroatoms. The van der Waals surface area contributed by atoms with Crippen LogP contribution in [0.25, 0.3) is 11.1 Å². The number of phenolic OH excluding ortho intramolecular Hbond substituents is 2. The molecule has 24 heavy (non-hydrogen) atoms. The molecule has 5 nitrogen and oxygen atoms in total. The van der Waals surface area contributed by atoms with Crippen molar-refractivity contribution < 1.29 is 25.5 Å². The molecule has 0 unspecified atom stereocenters. The zero-order valence-corrected chi connectivity index (χ0v) is 13.3. The second kappa shape index (κ2) is 6.81. The highest BCUT2D eigenvalue weighted by molar-refractivity contribution is 5.76. The minimum absolute atomic E-state index is 0.0381. The lowest BCUT2D eigenvalue weighted by atomic mass is 9.96. The van der Waals surface area contributed by atoms with Crippen LogP contribution in [0.4, 0.5) is 0 Å². The van der Waals surface area contributed by atoms with E-state index in [1.807, 2.05) is 0 Å². The van der Waals surface area contributed by atoms with Gasteiger partial charge in [0.05, 0.1) is 18.3 Å². The van der Waals surface area contributed by atoms with Crippen LogP contribution in [-0.2, 0) is 12.8 Å². The van der Waals surface area contributed by atoms with Crippen molar-refractivity contribution in [2.24, 2.45) is 0 Å². The first kappa shape index (κ1) is 16.8.